The topological polar surface area (TPSA) is 156 Å². The van der Waals surface area contributed by atoms with Crippen LogP contribution in [0.15, 0.2) is 0 Å². The molecule has 322 valence electrons. The van der Waals surface area contributed by atoms with Gasteiger partial charge >= 0.3 is 11.9 Å². The van der Waals surface area contributed by atoms with Crippen LogP contribution < -0.4 is 0 Å². The first kappa shape index (κ1) is 46.1. The molecule has 8 nitrogen and oxygen atoms in total. The first-order valence-corrected chi connectivity index (χ1v) is 23.5. The third kappa shape index (κ3) is 7.95. The predicted octanol–water partition coefficient (Wildman–Crippen LogP) is 8.58. The highest BCUT2D eigenvalue weighted by molar-refractivity contribution is 5.75. The maximum atomic E-state index is 11.5. The van der Waals surface area contributed by atoms with E-state index in [9.17, 15) is 30.0 Å². The molecule has 8 saturated carbocycles. The third-order valence-electron chi connectivity index (χ3n) is 20.6. The standard InChI is InChI=1S/2C24H40O4.Mg/c2*1-14(4-9-22(27)28)18-7-8-19-17-6-5-15-12-16(25)10-11-23(15,2)20(17)13-21(26)24(18,19)3;/h2*14-21,25-26H,4-13H2,1-3H3,(H,27,28);/t2*14-,15-,16-,17+,18-,19+,20+,21+,23+,24-;/m11./s1. The highest BCUT2D eigenvalue weighted by Gasteiger charge is 2.65. The quantitative estimate of drug-likeness (QED) is 0.133. The molecular formula is C48H80MgO8. The minimum atomic E-state index is -0.707. The Morgan fingerprint density at radius 1 is 0.526 bits per heavy atom. The molecule has 20 atom stereocenters. The van der Waals surface area contributed by atoms with E-state index in [0.29, 0.717) is 71.0 Å². The molecule has 0 heterocycles. The molecule has 0 aliphatic heterocycles. The summed E-state index contributed by atoms with van der Waals surface area (Å²) in [6, 6.07) is 0. The summed E-state index contributed by atoms with van der Waals surface area (Å²) in [5.41, 5.74) is 0.432. The van der Waals surface area contributed by atoms with E-state index in [0.717, 1.165) is 77.0 Å². The van der Waals surface area contributed by atoms with Crippen LogP contribution in [0.1, 0.15) is 170 Å². The van der Waals surface area contributed by atoms with Crippen molar-refractivity contribution in [1.82, 2.24) is 0 Å². The molecule has 0 aromatic heterocycles. The summed E-state index contributed by atoms with van der Waals surface area (Å²) in [4.78, 5) is 22.1. The summed E-state index contributed by atoms with van der Waals surface area (Å²) >= 11 is 0. The van der Waals surface area contributed by atoms with Gasteiger partial charge in [0.15, 0.2) is 0 Å². The van der Waals surface area contributed by atoms with E-state index in [1.807, 2.05) is 0 Å². The van der Waals surface area contributed by atoms with Crippen LogP contribution in [0.25, 0.3) is 0 Å². The zero-order valence-corrected chi connectivity index (χ0v) is 38.0. The molecule has 57 heavy (non-hydrogen) atoms. The normalized spacial score (nSPS) is 50.8. The second kappa shape index (κ2) is 17.4. The second-order valence-electron chi connectivity index (χ2n) is 22.6. The van der Waals surface area contributed by atoms with Gasteiger partial charge in [-0.15, -0.1) is 0 Å². The average Bonchev–Trinajstić information content (AvgIpc) is 3.70. The molecule has 0 bridgehead atoms. The van der Waals surface area contributed by atoms with Gasteiger partial charge in [-0.3, -0.25) is 9.59 Å². The van der Waals surface area contributed by atoms with Crippen molar-refractivity contribution in [3.8, 4) is 0 Å². The van der Waals surface area contributed by atoms with Crippen molar-refractivity contribution >= 4 is 35.0 Å². The molecule has 0 aromatic carbocycles. The van der Waals surface area contributed by atoms with Crippen molar-refractivity contribution in [1.29, 1.82) is 0 Å². The molecule has 8 aliphatic carbocycles. The van der Waals surface area contributed by atoms with Gasteiger partial charge in [-0.1, -0.05) is 41.5 Å². The van der Waals surface area contributed by atoms with Gasteiger partial charge in [0.05, 0.1) is 24.4 Å². The smallest absolute Gasteiger partial charge is 0.303 e. The maximum absolute atomic E-state index is 11.5. The maximum Gasteiger partial charge on any atom is 0.303 e. The molecule has 0 spiro atoms. The predicted molar refractivity (Wildman–Crippen MR) is 223 cm³/mol. The van der Waals surface area contributed by atoms with Gasteiger partial charge in [-0.2, -0.15) is 0 Å². The Morgan fingerprint density at radius 3 is 1.25 bits per heavy atom. The van der Waals surface area contributed by atoms with E-state index in [1.54, 1.807) is 0 Å². The Labute approximate surface area is 360 Å². The number of aliphatic carboxylic acids is 2. The van der Waals surface area contributed by atoms with Gasteiger partial charge in [0.2, 0.25) is 0 Å². The summed E-state index contributed by atoms with van der Waals surface area (Å²) in [6.45, 7) is 14.0. The number of carboxylic acid groups (broad SMARTS) is 2. The van der Waals surface area contributed by atoms with E-state index in [1.165, 1.54) is 38.5 Å². The summed E-state index contributed by atoms with van der Waals surface area (Å²) in [5.74, 6) is 5.10. The van der Waals surface area contributed by atoms with Gasteiger partial charge < -0.3 is 30.6 Å². The Balaban J connectivity index is 0.000000189. The molecule has 8 fully saturated rings. The van der Waals surface area contributed by atoms with Gasteiger partial charge in [-0.25, -0.2) is 0 Å². The number of carboxylic acids is 2. The van der Waals surface area contributed by atoms with E-state index in [4.69, 9.17) is 10.2 Å². The van der Waals surface area contributed by atoms with E-state index >= 15 is 0 Å². The van der Waals surface area contributed by atoms with Crippen molar-refractivity contribution in [2.75, 3.05) is 0 Å². The molecular weight excluding hydrogens is 729 g/mol. The number of carbonyl (C=O) groups is 2. The molecule has 0 aromatic rings. The second-order valence-corrected chi connectivity index (χ2v) is 22.6. The van der Waals surface area contributed by atoms with Crippen LogP contribution >= 0.6 is 0 Å². The molecule has 6 N–H and O–H groups in total. The fourth-order valence-electron chi connectivity index (χ4n) is 17.4. The van der Waals surface area contributed by atoms with Crippen LogP contribution in [0.2, 0.25) is 0 Å². The lowest BCUT2D eigenvalue weighted by Crippen LogP contribution is -2.58. The molecule has 8 aliphatic rings. The Kier molecular flexibility index (Phi) is 14.0. The zero-order chi connectivity index (χ0) is 40.5. The Bertz CT molecular complexity index is 1320. The van der Waals surface area contributed by atoms with Gasteiger partial charge in [0.25, 0.3) is 0 Å². The number of aliphatic hydroxyl groups excluding tert-OH is 4. The van der Waals surface area contributed by atoms with E-state index in [2.05, 4.69) is 41.5 Å². The van der Waals surface area contributed by atoms with Crippen molar-refractivity contribution in [2.24, 2.45) is 92.7 Å². The van der Waals surface area contributed by atoms with E-state index in [-0.39, 0.29) is 82.0 Å². The highest BCUT2D eigenvalue weighted by atomic mass is 24.3. The Morgan fingerprint density at radius 2 is 0.895 bits per heavy atom. The Hall–Kier alpha value is -0.454. The van der Waals surface area contributed by atoms with Crippen LogP contribution in [0.5, 0.6) is 0 Å². The molecule has 0 unspecified atom stereocenters. The summed E-state index contributed by atoms with van der Waals surface area (Å²) in [5, 5.41) is 61.5. The van der Waals surface area contributed by atoms with Crippen molar-refractivity contribution < 1.29 is 40.2 Å². The first-order valence-electron chi connectivity index (χ1n) is 23.5. The third-order valence-corrected chi connectivity index (χ3v) is 20.6. The number of fused-ring (bicyclic) bond motifs is 10. The molecule has 9 heteroatoms. The van der Waals surface area contributed by atoms with Crippen molar-refractivity contribution in [2.45, 2.75) is 194 Å². The van der Waals surface area contributed by atoms with E-state index < -0.39 is 11.9 Å². The molecule has 2 radical (unpaired) electrons. The minimum absolute atomic E-state index is 0. The van der Waals surface area contributed by atoms with Gasteiger partial charge in [0, 0.05) is 35.9 Å². The largest absolute Gasteiger partial charge is 0.481 e. The number of hydrogen-bond acceptors (Lipinski definition) is 6. The highest BCUT2D eigenvalue weighted by Crippen LogP contribution is 2.70. The molecule has 0 saturated heterocycles. The lowest BCUT2D eigenvalue weighted by molar-refractivity contribution is -0.175. The number of hydrogen-bond donors (Lipinski definition) is 6. The van der Waals surface area contributed by atoms with Crippen LogP contribution in [0.3, 0.4) is 0 Å². The minimum Gasteiger partial charge on any atom is -0.481 e. The SMILES string of the molecule is C[C@H](CCC(=O)O)[C@H]1CC[C@H]2[C@@H]3CC[C@@H]4C[C@H](O)CC[C@]4(C)[C@H]3C[C@H](O)[C@]12C.C[C@H](CCC(=O)O)[C@H]1CC[C@H]2[C@@H]3CC[C@@H]4C[C@H](O)CC[C@]4(C)[C@H]3C[C@H](O)[C@]12C.[Mg]. The van der Waals surface area contributed by atoms with Crippen LogP contribution in [0.4, 0.5) is 0 Å². The lowest BCUT2D eigenvalue weighted by Gasteiger charge is -2.62. The summed E-state index contributed by atoms with van der Waals surface area (Å²) in [6.07, 6.45) is 18.5. The average molecular weight is 809 g/mol. The van der Waals surface area contributed by atoms with Gasteiger partial charge in [-0.05, 0) is 208 Å². The zero-order valence-electron chi connectivity index (χ0n) is 36.6. The fourth-order valence-corrected chi connectivity index (χ4v) is 17.4. The van der Waals surface area contributed by atoms with Crippen LogP contribution in [0, 0.1) is 92.7 Å². The van der Waals surface area contributed by atoms with Crippen molar-refractivity contribution in [3.05, 3.63) is 0 Å². The number of aliphatic hydroxyl groups is 4. The molecule has 0 amide bonds. The summed E-state index contributed by atoms with van der Waals surface area (Å²) < 4.78 is 0. The fraction of sp³-hybridized carbons (Fsp3) is 0.958. The number of rotatable bonds is 8. The van der Waals surface area contributed by atoms with Crippen LogP contribution in [-0.2, 0) is 9.59 Å². The summed E-state index contributed by atoms with van der Waals surface area (Å²) in [7, 11) is 0. The van der Waals surface area contributed by atoms with Gasteiger partial charge in [0.1, 0.15) is 0 Å². The first-order chi connectivity index (χ1) is 26.3. The van der Waals surface area contributed by atoms with Crippen molar-refractivity contribution in [3.63, 3.8) is 0 Å². The lowest BCUT2D eigenvalue weighted by atomic mass is 9.43. The van der Waals surface area contributed by atoms with Crippen LogP contribution in [-0.4, -0.2) is 90.0 Å². The molecule has 8 rings (SSSR count). The monoisotopic (exact) mass is 809 g/mol.